The maximum Gasteiger partial charge on any atom is 0.146 e. The van der Waals surface area contributed by atoms with Gasteiger partial charge in [-0.2, -0.15) is 5.10 Å². The van der Waals surface area contributed by atoms with Gasteiger partial charge in [-0.05, 0) is 12.1 Å². The molecule has 0 amide bonds. The van der Waals surface area contributed by atoms with Gasteiger partial charge in [0.1, 0.15) is 5.82 Å². The van der Waals surface area contributed by atoms with Gasteiger partial charge in [0.05, 0.1) is 11.4 Å². The Labute approximate surface area is 101 Å². The summed E-state index contributed by atoms with van der Waals surface area (Å²) < 4.78 is 1.80. The Morgan fingerprint density at radius 1 is 1.18 bits per heavy atom. The second-order valence-electron chi connectivity index (χ2n) is 5.16. The van der Waals surface area contributed by atoms with Crippen LogP contribution in [0.5, 0.6) is 0 Å². The number of aryl methyl sites for hydroxylation is 1. The average Bonchev–Trinajstić information content (AvgIpc) is 2.61. The third-order valence-corrected chi connectivity index (χ3v) is 2.50. The summed E-state index contributed by atoms with van der Waals surface area (Å²) in [5, 5.41) is 12.5. The third-order valence-electron chi connectivity index (χ3n) is 2.50. The Bertz CT molecular complexity index is 519. The van der Waals surface area contributed by atoms with Crippen LogP contribution in [0.25, 0.3) is 11.3 Å². The van der Waals surface area contributed by atoms with Gasteiger partial charge in [0.15, 0.2) is 0 Å². The normalized spacial score (nSPS) is 11.8. The fourth-order valence-corrected chi connectivity index (χ4v) is 1.72. The van der Waals surface area contributed by atoms with Gasteiger partial charge in [0.2, 0.25) is 0 Å². The van der Waals surface area contributed by atoms with E-state index >= 15 is 0 Å². The van der Waals surface area contributed by atoms with Crippen molar-refractivity contribution < 1.29 is 0 Å². The SMILES string of the molecule is Cn1cc(-c2ccc(N)nn2)c(C(C)(C)C)n1. The monoisotopic (exact) mass is 231 g/mol. The first-order chi connectivity index (χ1) is 7.88. The Hall–Kier alpha value is -1.91. The molecule has 0 aromatic carbocycles. The number of aromatic nitrogens is 4. The van der Waals surface area contributed by atoms with Crippen LogP contribution in [0.4, 0.5) is 5.82 Å². The van der Waals surface area contributed by atoms with Crippen LogP contribution in [0.2, 0.25) is 0 Å². The van der Waals surface area contributed by atoms with Crippen LogP contribution in [-0.2, 0) is 12.5 Å². The zero-order valence-electron chi connectivity index (χ0n) is 10.6. The molecular weight excluding hydrogens is 214 g/mol. The summed E-state index contributed by atoms with van der Waals surface area (Å²) >= 11 is 0. The van der Waals surface area contributed by atoms with Crippen molar-refractivity contribution >= 4 is 5.82 Å². The molecule has 0 saturated carbocycles. The molecule has 17 heavy (non-hydrogen) atoms. The van der Waals surface area contributed by atoms with E-state index in [0.29, 0.717) is 5.82 Å². The van der Waals surface area contributed by atoms with Crippen molar-refractivity contribution in [3.05, 3.63) is 24.0 Å². The molecule has 2 aromatic rings. The molecule has 0 fully saturated rings. The van der Waals surface area contributed by atoms with Crippen molar-refractivity contribution in [1.82, 2.24) is 20.0 Å². The van der Waals surface area contributed by atoms with Gasteiger partial charge in [-0.15, -0.1) is 10.2 Å². The molecule has 0 bridgehead atoms. The first-order valence-electron chi connectivity index (χ1n) is 5.51. The molecule has 2 heterocycles. The minimum atomic E-state index is -0.0281. The highest BCUT2D eigenvalue weighted by atomic mass is 15.3. The molecule has 2 rings (SSSR count). The topological polar surface area (TPSA) is 69.6 Å². The van der Waals surface area contributed by atoms with Crippen molar-refractivity contribution in [1.29, 1.82) is 0 Å². The van der Waals surface area contributed by atoms with Crippen molar-refractivity contribution in [2.75, 3.05) is 5.73 Å². The molecule has 5 heteroatoms. The van der Waals surface area contributed by atoms with Gasteiger partial charge in [0, 0.05) is 24.2 Å². The minimum Gasteiger partial charge on any atom is -0.382 e. The van der Waals surface area contributed by atoms with E-state index in [0.717, 1.165) is 17.0 Å². The quantitative estimate of drug-likeness (QED) is 0.811. The summed E-state index contributed by atoms with van der Waals surface area (Å²) in [4.78, 5) is 0. The van der Waals surface area contributed by atoms with Crippen LogP contribution in [0.1, 0.15) is 26.5 Å². The molecule has 5 nitrogen and oxygen atoms in total. The van der Waals surface area contributed by atoms with E-state index in [4.69, 9.17) is 5.73 Å². The van der Waals surface area contributed by atoms with E-state index in [1.807, 2.05) is 19.3 Å². The lowest BCUT2D eigenvalue weighted by Gasteiger charge is -2.16. The van der Waals surface area contributed by atoms with Gasteiger partial charge in [-0.1, -0.05) is 20.8 Å². The first kappa shape index (κ1) is 11.6. The number of nitrogens with zero attached hydrogens (tertiary/aromatic N) is 4. The van der Waals surface area contributed by atoms with Gasteiger partial charge in [0.25, 0.3) is 0 Å². The fraction of sp³-hybridized carbons (Fsp3) is 0.417. The van der Waals surface area contributed by atoms with E-state index in [9.17, 15) is 0 Å². The zero-order chi connectivity index (χ0) is 12.6. The molecule has 0 aliphatic heterocycles. The standard InChI is InChI=1S/C12H17N5/c1-12(2,3)11-8(7-17(4)16-11)9-5-6-10(13)15-14-9/h5-7H,1-4H3,(H2,13,15). The molecule has 0 aliphatic carbocycles. The second-order valence-corrected chi connectivity index (χ2v) is 5.16. The highest BCUT2D eigenvalue weighted by molar-refractivity contribution is 5.62. The van der Waals surface area contributed by atoms with Crippen LogP contribution in [0, 0.1) is 0 Å². The van der Waals surface area contributed by atoms with E-state index in [1.165, 1.54) is 0 Å². The van der Waals surface area contributed by atoms with Crippen molar-refractivity contribution in [3.8, 4) is 11.3 Å². The highest BCUT2D eigenvalue weighted by Crippen LogP contribution is 2.30. The maximum atomic E-state index is 5.54. The Morgan fingerprint density at radius 2 is 1.88 bits per heavy atom. The number of nitrogens with two attached hydrogens (primary N) is 1. The van der Waals surface area contributed by atoms with Gasteiger partial charge >= 0.3 is 0 Å². The van der Waals surface area contributed by atoms with Gasteiger partial charge < -0.3 is 5.73 Å². The Morgan fingerprint density at radius 3 is 2.41 bits per heavy atom. The number of rotatable bonds is 1. The lowest BCUT2D eigenvalue weighted by Crippen LogP contribution is -2.14. The van der Waals surface area contributed by atoms with Crippen molar-refractivity contribution in [3.63, 3.8) is 0 Å². The summed E-state index contributed by atoms with van der Waals surface area (Å²) in [6.07, 6.45) is 1.96. The summed E-state index contributed by atoms with van der Waals surface area (Å²) in [6.45, 7) is 6.39. The average molecular weight is 231 g/mol. The smallest absolute Gasteiger partial charge is 0.146 e. The van der Waals surface area contributed by atoms with Crippen LogP contribution < -0.4 is 5.73 Å². The molecule has 90 valence electrons. The molecule has 0 atom stereocenters. The van der Waals surface area contributed by atoms with E-state index < -0.39 is 0 Å². The molecule has 0 saturated heterocycles. The van der Waals surface area contributed by atoms with Crippen molar-refractivity contribution in [2.45, 2.75) is 26.2 Å². The Balaban J connectivity index is 2.55. The molecule has 0 spiro atoms. The second kappa shape index (κ2) is 3.84. The predicted molar refractivity (Wildman–Crippen MR) is 67.3 cm³/mol. The lowest BCUT2D eigenvalue weighted by molar-refractivity contribution is 0.554. The van der Waals surface area contributed by atoms with Crippen LogP contribution in [-0.4, -0.2) is 20.0 Å². The zero-order valence-corrected chi connectivity index (χ0v) is 10.6. The largest absolute Gasteiger partial charge is 0.382 e. The van der Waals surface area contributed by atoms with Crippen LogP contribution >= 0.6 is 0 Å². The molecule has 0 aliphatic rings. The molecule has 0 unspecified atom stereocenters. The van der Waals surface area contributed by atoms with Crippen LogP contribution in [0.15, 0.2) is 18.3 Å². The Kier molecular flexibility index (Phi) is 2.61. The maximum absolute atomic E-state index is 5.54. The molecule has 2 aromatic heterocycles. The minimum absolute atomic E-state index is 0.0281. The molecule has 2 N–H and O–H groups in total. The summed E-state index contributed by atoms with van der Waals surface area (Å²) in [5.41, 5.74) is 8.33. The number of anilines is 1. The van der Waals surface area contributed by atoms with Gasteiger partial charge in [-0.25, -0.2) is 0 Å². The summed E-state index contributed by atoms with van der Waals surface area (Å²) in [5.74, 6) is 0.426. The first-order valence-corrected chi connectivity index (χ1v) is 5.51. The third kappa shape index (κ3) is 2.27. The number of nitrogen functional groups attached to an aromatic ring is 1. The summed E-state index contributed by atoms with van der Waals surface area (Å²) in [6, 6.07) is 3.62. The van der Waals surface area contributed by atoms with E-state index in [2.05, 4.69) is 36.1 Å². The lowest BCUT2D eigenvalue weighted by atomic mass is 9.89. The molecular formula is C12H17N5. The van der Waals surface area contributed by atoms with E-state index in [-0.39, 0.29) is 5.41 Å². The van der Waals surface area contributed by atoms with Crippen molar-refractivity contribution in [2.24, 2.45) is 7.05 Å². The predicted octanol–water partition coefficient (Wildman–Crippen LogP) is 1.76. The van der Waals surface area contributed by atoms with Crippen LogP contribution in [0.3, 0.4) is 0 Å². The number of hydrogen-bond acceptors (Lipinski definition) is 4. The summed E-state index contributed by atoms with van der Waals surface area (Å²) in [7, 11) is 1.91. The fourth-order valence-electron chi connectivity index (χ4n) is 1.72. The highest BCUT2D eigenvalue weighted by Gasteiger charge is 2.23. The van der Waals surface area contributed by atoms with E-state index in [1.54, 1.807) is 10.7 Å². The molecule has 0 radical (unpaired) electrons. The van der Waals surface area contributed by atoms with Gasteiger partial charge in [-0.3, -0.25) is 4.68 Å². The number of hydrogen-bond donors (Lipinski definition) is 1.